The molecule has 1 aliphatic carbocycles. The fourth-order valence-corrected chi connectivity index (χ4v) is 4.10. The van der Waals surface area contributed by atoms with Gasteiger partial charge in [0.1, 0.15) is 0 Å². The number of hydrogen-bond donors (Lipinski definition) is 0. The highest BCUT2D eigenvalue weighted by Crippen LogP contribution is 2.42. The zero-order valence-corrected chi connectivity index (χ0v) is 14.6. The molecule has 0 radical (unpaired) electrons. The largest absolute Gasteiger partial charge is 0.455 e. The maximum atomic E-state index is 12.6. The average molecular weight is 372 g/mol. The number of likely N-dealkylation sites (tertiary alicyclic amines) is 2. The monoisotopic (exact) mass is 372 g/mol. The zero-order valence-electron chi connectivity index (χ0n) is 14.6. The molecule has 0 N–H and O–H groups in total. The van der Waals surface area contributed by atoms with Gasteiger partial charge in [-0.15, -0.1) is 0 Å². The van der Waals surface area contributed by atoms with Crippen molar-refractivity contribution >= 4 is 5.91 Å². The van der Waals surface area contributed by atoms with Crippen LogP contribution in [0, 0.1) is 11.3 Å². The minimum absolute atomic E-state index is 0.00227. The first-order valence-electron chi connectivity index (χ1n) is 9.23. The third-order valence-electron chi connectivity index (χ3n) is 5.92. The number of nitrogens with zero attached hydrogens (tertiary/aromatic N) is 4. The molecule has 3 fully saturated rings. The number of piperidine rings is 2. The Kier molecular flexibility index (Phi) is 4.45. The molecule has 0 bridgehead atoms. The van der Waals surface area contributed by atoms with Crippen LogP contribution < -0.4 is 0 Å². The van der Waals surface area contributed by atoms with E-state index in [2.05, 4.69) is 15.0 Å². The second-order valence-corrected chi connectivity index (χ2v) is 8.00. The molecule has 1 saturated carbocycles. The van der Waals surface area contributed by atoms with E-state index in [0.717, 1.165) is 45.4 Å². The molecule has 1 amide bonds. The number of alkyl halides is 3. The maximum Gasteiger partial charge on any atom is 0.455 e. The number of carbonyl (C=O) groups excluding carboxylic acids is 1. The molecule has 2 saturated heterocycles. The summed E-state index contributed by atoms with van der Waals surface area (Å²) < 4.78 is 42.4. The van der Waals surface area contributed by atoms with Crippen molar-refractivity contribution in [3.8, 4) is 0 Å². The minimum atomic E-state index is -4.58. The molecule has 2 aliphatic heterocycles. The second-order valence-electron chi connectivity index (χ2n) is 8.00. The van der Waals surface area contributed by atoms with E-state index in [1.807, 2.05) is 4.90 Å². The van der Waals surface area contributed by atoms with Crippen LogP contribution in [0.15, 0.2) is 4.52 Å². The van der Waals surface area contributed by atoms with Gasteiger partial charge >= 0.3 is 6.18 Å². The lowest BCUT2D eigenvalue weighted by Gasteiger charge is -2.47. The molecule has 0 atom stereocenters. The van der Waals surface area contributed by atoms with Crippen molar-refractivity contribution in [3.63, 3.8) is 0 Å². The molecule has 26 heavy (non-hydrogen) atoms. The third kappa shape index (κ3) is 3.87. The van der Waals surface area contributed by atoms with Crippen LogP contribution in [0.3, 0.4) is 0 Å². The van der Waals surface area contributed by atoms with Crippen molar-refractivity contribution in [1.29, 1.82) is 0 Å². The summed E-state index contributed by atoms with van der Waals surface area (Å²) in [6, 6.07) is 0. The molecule has 3 aliphatic rings. The van der Waals surface area contributed by atoms with Gasteiger partial charge in [0.2, 0.25) is 11.8 Å². The van der Waals surface area contributed by atoms with E-state index in [1.54, 1.807) is 0 Å². The number of hydrogen-bond acceptors (Lipinski definition) is 5. The van der Waals surface area contributed by atoms with Crippen molar-refractivity contribution in [2.24, 2.45) is 11.3 Å². The molecule has 0 aromatic carbocycles. The Morgan fingerprint density at radius 2 is 1.92 bits per heavy atom. The fourth-order valence-electron chi connectivity index (χ4n) is 4.10. The molecule has 144 valence electrons. The Bertz CT molecular complexity index is 663. The predicted molar refractivity (Wildman–Crippen MR) is 84.8 cm³/mol. The van der Waals surface area contributed by atoms with Crippen LogP contribution in [0.1, 0.15) is 50.2 Å². The average Bonchev–Trinajstić information content (AvgIpc) is 3.27. The summed E-state index contributed by atoms with van der Waals surface area (Å²) in [7, 11) is 0. The smallest absolute Gasteiger partial charge is 0.342 e. The van der Waals surface area contributed by atoms with E-state index in [4.69, 9.17) is 4.52 Å². The molecule has 3 heterocycles. The van der Waals surface area contributed by atoms with Gasteiger partial charge in [-0.3, -0.25) is 9.69 Å². The number of carbonyl (C=O) groups is 1. The first-order valence-corrected chi connectivity index (χ1v) is 9.23. The summed E-state index contributed by atoms with van der Waals surface area (Å²) in [5.74, 6) is -0.255. The highest BCUT2D eigenvalue weighted by atomic mass is 19.4. The van der Waals surface area contributed by atoms with Crippen LogP contribution in [0.5, 0.6) is 0 Å². The Morgan fingerprint density at radius 1 is 1.19 bits per heavy atom. The molecule has 4 rings (SSSR count). The zero-order chi connectivity index (χ0) is 18.4. The summed E-state index contributed by atoms with van der Waals surface area (Å²) in [4.78, 5) is 19.7. The molecule has 1 spiro atoms. The highest BCUT2D eigenvalue weighted by molar-refractivity contribution is 5.77. The summed E-state index contributed by atoms with van der Waals surface area (Å²) in [5.41, 5.74) is 0.158. The third-order valence-corrected chi connectivity index (χ3v) is 5.92. The molecule has 6 nitrogen and oxygen atoms in total. The van der Waals surface area contributed by atoms with E-state index in [9.17, 15) is 18.0 Å². The van der Waals surface area contributed by atoms with Gasteiger partial charge in [-0.25, -0.2) is 0 Å². The van der Waals surface area contributed by atoms with Crippen molar-refractivity contribution in [1.82, 2.24) is 19.9 Å². The second kappa shape index (κ2) is 6.51. The summed E-state index contributed by atoms with van der Waals surface area (Å²) in [5, 5.41) is 3.01. The normalized spacial score (nSPS) is 24.4. The van der Waals surface area contributed by atoms with E-state index in [1.165, 1.54) is 12.8 Å². The van der Waals surface area contributed by atoms with Gasteiger partial charge in [0.05, 0.1) is 6.54 Å². The number of halogens is 3. The maximum absolute atomic E-state index is 12.6. The molecule has 0 unspecified atom stereocenters. The fraction of sp³-hybridized carbons (Fsp3) is 0.824. The van der Waals surface area contributed by atoms with Crippen molar-refractivity contribution in [3.05, 3.63) is 11.7 Å². The van der Waals surface area contributed by atoms with Crippen molar-refractivity contribution in [2.45, 2.75) is 51.2 Å². The van der Waals surface area contributed by atoms with Crippen LogP contribution >= 0.6 is 0 Å². The molecular weight excluding hydrogens is 349 g/mol. The van der Waals surface area contributed by atoms with Gasteiger partial charge in [-0.05, 0) is 56.5 Å². The first kappa shape index (κ1) is 17.8. The van der Waals surface area contributed by atoms with Crippen LogP contribution in [0.25, 0.3) is 0 Å². The minimum Gasteiger partial charge on any atom is -0.342 e. The van der Waals surface area contributed by atoms with Crippen LogP contribution in [-0.2, 0) is 17.5 Å². The van der Waals surface area contributed by atoms with Crippen LogP contribution in [0.2, 0.25) is 0 Å². The van der Waals surface area contributed by atoms with Crippen molar-refractivity contribution < 1.29 is 22.5 Å². The lowest BCUT2D eigenvalue weighted by Crippen LogP contribution is -2.51. The van der Waals surface area contributed by atoms with Gasteiger partial charge in [0, 0.05) is 19.5 Å². The lowest BCUT2D eigenvalue weighted by atomic mass is 9.72. The van der Waals surface area contributed by atoms with Gasteiger partial charge in [-0.1, -0.05) is 5.16 Å². The van der Waals surface area contributed by atoms with Gasteiger partial charge in [-0.2, -0.15) is 18.2 Å². The molecule has 1 aromatic rings. The number of rotatable bonds is 4. The Labute approximate surface area is 149 Å². The molecular formula is C17H23F3N4O2. The van der Waals surface area contributed by atoms with E-state index < -0.39 is 12.0 Å². The SMILES string of the molecule is O=C1CCC2(CCN(Cc3nc(C(F)(F)F)no3)CC2)CN1CC1CC1. The van der Waals surface area contributed by atoms with Gasteiger partial charge in [0.25, 0.3) is 5.82 Å². The van der Waals surface area contributed by atoms with Crippen LogP contribution in [-0.4, -0.2) is 52.0 Å². The van der Waals surface area contributed by atoms with E-state index >= 15 is 0 Å². The van der Waals surface area contributed by atoms with E-state index in [-0.39, 0.29) is 23.8 Å². The Hall–Kier alpha value is -1.64. The summed E-state index contributed by atoms with van der Waals surface area (Å²) in [6.45, 7) is 3.51. The summed E-state index contributed by atoms with van der Waals surface area (Å²) >= 11 is 0. The van der Waals surface area contributed by atoms with E-state index in [0.29, 0.717) is 12.3 Å². The standard InChI is InChI=1S/C17H23F3N4O2/c18-17(19,20)15-21-13(26-22-15)10-23-7-5-16(6-8-23)4-3-14(25)24(11-16)9-12-1-2-12/h12H,1-11H2. The summed E-state index contributed by atoms with van der Waals surface area (Å²) in [6.07, 6.45) is 1.31. The highest BCUT2D eigenvalue weighted by Gasteiger charge is 2.42. The molecule has 1 aromatic heterocycles. The van der Waals surface area contributed by atoms with Crippen molar-refractivity contribution in [2.75, 3.05) is 26.2 Å². The number of amides is 1. The topological polar surface area (TPSA) is 62.5 Å². The van der Waals surface area contributed by atoms with Crippen LogP contribution in [0.4, 0.5) is 13.2 Å². The quantitative estimate of drug-likeness (QED) is 0.813. The number of aromatic nitrogens is 2. The first-order chi connectivity index (χ1) is 12.3. The lowest BCUT2D eigenvalue weighted by molar-refractivity contribution is -0.146. The Balaban J connectivity index is 1.32. The Morgan fingerprint density at radius 3 is 2.54 bits per heavy atom. The predicted octanol–water partition coefficient (Wildman–Crippen LogP) is 2.70. The molecule has 9 heteroatoms. The van der Waals surface area contributed by atoms with Gasteiger partial charge < -0.3 is 9.42 Å². The van der Waals surface area contributed by atoms with Gasteiger partial charge in [0.15, 0.2) is 0 Å².